The molecule has 0 amide bonds. The second-order valence-electron chi connectivity index (χ2n) is 6.07. The summed E-state index contributed by atoms with van der Waals surface area (Å²) in [6.07, 6.45) is -1.30. The number of aromatic nitrogens is 4. The van der Waals surface area contributed by atoms with Crippen molar-refractivity contribution in [3.05, 3.63) is 45.8 Å². The van der Waals surface area contributed by atoms with Gasteiger partial charge in [-0.25, -0.2) is 26.7 Å². The molecule has 1 aromatic carbocycles. The van der Waals surface area contributed by atoms with Crippen LogP contribution in [0.4, 0.5) is 22.0 Å². The summed E-state index contributed by atoms with van der Waals surface area (Å²) in [6, 6.07) is 1.05. The fourth-order valence-corrected chi connectivity index (χ4v) is 2.77. The lowest BCUT2D eigenvalue weighted by Gasteiger charge is -2.06. The van der Waals surface area contributed by atoms with Gasteiger partial charge in [0.2, 0.25) is 0 Å². The lowest BCUT2D eigenvalue weighted by molar-refractivity contribution is 0.0768. The maximum atomic E-state index is 13.7. The number of benzene rings is 1. The fraction of sp³-hybridized carbons (Fsp3) is 0.312. The maximum absolute atomic E-state index is 13.7. The van der Waals surface area contributed by atoms with Gasteiger partial charge < -0.3 is 4.74 Å². The van der Waals surface area contributed by atoms with Crippen LogP contribution in [0.3, 0.4) is 0 Å². The summed E-state index contributed by atoms with van der Waals surface area (Å²) in [5, 5.41) is 4.14. The van der Waals surface area contributed by atoms with Crippen molar-refractivity contribution in [3.63, 3.8) is 0 Å². The lowest BCUT2D eigenvalue weighted by atomic mass is 10.0. The van der Waals surface area contributed by atoms with Crippen molar-refractivity contribution in [2.24, 2.45) is 0 Å². The summed E-state index contributed by atoms with van der Waals surface area (Å²) in [5.41, 5.74) is -0.523. The molecule has 1 saturated carbocycles. The van der Waals surface area contributed by atoms with Gasteiger partial charge in [0.1, 0.15) is 0 Å². The second kappa shape index (κ2) is 6.32. The summed E-state index contributed by atoms with van der Waals surface area (Å²) >= 11 is 0. The number of halogens is 5. The van der Waals surface area contributed by atoms with Crippen molar-refractivity contribution in [3.8, 4) is 17.1 Å². The van der Waals surface area contributed by atoms with Crippen LogP contribution in [0, 0.1) is 17.5 Å². The van der Waals surface area contributed by atoms with Crippen molar-refractivity contribution in [1.82, 2.24) is 19.6 Å². The highest BCUT2D eigenvalue weighted by atomic mass is 19.3. The molecular formula is C16H11F5N4O2. The molecule has 1 aliphatic carbocycles. The quantitative estimate of drug-likeness (QED) is 0.541. The topological polar surface area (TPSA) is 72.3 Å². The van der Waals surface area contributed by atoms with E-state index < -0.39 is 42.2 Å². The molecule has 4 rings (SSSR count). The number of fused-ring (bicyclic) bond motifs is 1. The zero-order chi connectivity index (χ0) is 19.3. The molecule has 1 fully saturated rings. The molecule has 142 valence electrons. The molecule has 0 saturated heterocycles. The van der Waals surface area contributed by atoms with Crippen molar-refractivity contribution < 1.29 is 26.7 Å². The van der Waals surface area contributed by atoms with Crippen molar-refractivity contribution in [2.75, 3.05) is 6.61 Å². The Labute approximate surface area is 147 Å². The minimum absolute atomic E-state index is 0.0530. The van der Waals surface area contributed by atoms with E-state index in [0.29, 0.717) is 5.69 Å². The van der Waals surface area contributed by atoms with E-state index in [1.165, 1.54) is 0 Å². The van der Waals surface area contributed by atoms with Gasteiger partial charge in [0.05, 0.1) is 11.3 Å². The van der Waals surface area contributed by atoms with Gasteiger partial charge in [-0.3, -0.25) is 4.98 Å². The van der Waals surface area contributed by atoms with Crippen molar-refractivity contribution in [2.45, 2.75) is 25.2 Å². The average molecular weight is 386 g/mol. The Hall–Kier alpha value is -2.98. The Balaban J connectivity index is 1.94. The number of alkyl halides is 2. The summed E-state index contributed by atoms with van der Waals surface area (Å²) in [4.78, 5) is 18.3. The van der Waals surface area contributed by atoms with Gasteiger partial charge in [-0.1, -0.05) is 0 Å². The molecule has 0 spiro atoms. The molecule has 0 unspecified atom stereocenters. The highest BCUT2D eigenvalue weighted by Crippen LogP contribution is 2.45. The second-order valence-corrected chi connectivity index (χ2v) is 6.07. The maximum Gasteiger partial charge on any atom is 0.352 e. The number of nitrogens with zero attached hydrogens (tertiary/aromatic N) is 3. The van der Waals surface area contributed by atoms with Crippen LogP contribution in [0.15, 0.2) is 16.9 Å². The molecule has 6 nitrogen and oxygen atoms in total. The third-order valence-corrected chi connectivity index (χ3v) is 4.08. The molecule has 27 heavy (non-hydrogen) atoms. The predicted molar refractivity (Wildman–Crippen MR) is 82.4 cm³/mol. The molecule has 1 N–H and O–H groups in total. The van der Waals surface area contributed by atoms with Crippen LogP contribution in [-0.4, -0.2) is 32.6 Å². The summed E-state index contributed by atoms with van der Waals surface area (Å²) in [6.45, 7) is -1.00. The highest BCUT2D eigenvalue weighted by molar-refractivity contribution is 5.80. The molecule has 0 atom stereocenters. The van der Waals surface area contributed by atoms with Gasteiger partial charge in [-0.05, 0) is 30.5 Å². The summed E-state index contributed by atoms with van der Waals surface area (Å²) in [7, 11) is 0. The van der Waals surface area contributed by atoms with Crippen LogP contribution in [0.2, 0.25) is 0 Å². The fourth-order valence-electron chi connectivity index (χ4n) is 2.77. The molecule has 0 aliphatic heterocycles. The van der Waals surface area contributed by atoms with Crippen molar-refractivity contribution >= 4 is 5.65 Å². The molecule has 2 heterocycles. The first-order chi connectivity index (χ1) is 12.8. The summed E-state index contributed by atoms with van der Waals surface area (Å²) in [5.74, 6) is -4.51. The van der Waals surface area contributed by atoms with Crippen LogP contribution in [-0.2, 0) is 0 Å². The van der Waals surface area contributed by atoms with E-state index in [0.717, 1.165) is 29.5 Å². The minimum Gasteiger partial charge on any atom is -0.459 e. The highest BCUT2D eigenvalue weighted by Gasteiger charge is 2.32. The number of H-pyrrole nitrogens is 1. The molecule has 3 aromatic rings. The predicted octanol–water partition coefficient (Wildman–Crippen LogP) is 3.02. The van der Waals surface area contributed by atoms with E-state index in [2.05, 4.69) is 15.1 Å². The first-order valence-electron chi connectivity index (χ1n) is 7.94. The van der Waals surface area contributed by atoms with E-state index >= 15 is 0 Å². The number of aromatic amines is 1. The third kappa shape index (κ3) is 3.13. The molecule has 11 heteroatoms. The molecule has 2 aromatic heterocycles. The molecular weight excluding hydrogens is 375 g/mol. The van der Waals surface area contributed by atoms with Crippen molar-refractivity contribution in [1.29, 1.82) is 0 Å². The normalized spacial score (nSPS) is 14.3. The molecule has 0 radical (unpaired) electrons. The van der Waals surface area contributed by atoms with E-state index in [9.17, 15) is 26.7 Å². The van der Waals surface area contributed by atoms with Crippen LogP contribution < -0.4 is 10.4 Å². The molecule has 0 bridgehead atoms. The van der Waals surface area contributed by atoms with Crippen LogP contribution >= 0.6 is 0 Å². The Morgan fingerprint density at radius 2 is 1.89 bits per heavy atom. The Kier molecular flexibility index (Phi) is 4.08. The minimum atomic E-state index is -2.79. The van der Waals surface area contributed by atoms with Crippen LogP contribution in [0.25, 0.3) is 16.8 Å². The third-order valence-electron chi connectivity index (χ3n) is 4.08. The largest absolute Gasteiger partial charge is 0.459 e. The zero-order valence-electron chi connectivity index (χ0n) is 13.5. The number of ether oxygens (including phenoxy) is 1. The van der Waals surface area contributed by atoms with E-state index in [-0.39, 0.29) is 22.7 Å². The SMILES string of the molecule is O=c1[nH]c(OCC(F)F)nc2c(-c3cc(F)c(F)c(F)c3)c(C3CC3)nn12. The number of hydrogen-bond acceptors (Lipinski definition) is 4. The Morgan fingerprint density at radius 3 is 2.48 bits per heavy atom. The van der Waals surface area contributed by atoms with Gasteiger partial charge >= 0.3 is 5.69 Å². The molecule has 1 aliphatic rings. The van der Waals surface area contributed by atoms with E-state index in [1.54, 1.807) is 0 Å². The number of nitrogens with one attached hydrogen (secondary N) is 1. The van der Waals surface area contributed by atoms with E-state index in [1.807, 2.05) is 0 Å². The van der Waals surface area contributed by atoms with E-state index in [4.69, 9.17) is 4.74 Å². The van der Waals surface area contributed by atoms with Gasteiger partial charge in [-0.2, -0.15) is 14.6 Å². The average Bonchev–Trinajstić information content (AvgIpc) is 3.38. The van der Waals surface area contributed by atoms with Crippen LogP contribution in [0.1, 0.15) is 24.5 Å². The Bertz CT molecular complexity index is 1070. The Morgan fingerprint density at radius 1 is 1.22 bits per heavy atom. The number of rotatable bonds is 5. The monoisotopic (exact) mass is 386 g/mol. The first kappa shape index (κ1) is 17.4. The lowest BCUT2D eigenvalue weighted by Crippen LogP contribution is -2.21. The smallest absolute Gasteiger partial charge is 0.352 e. The van der Waals surface area contributed by atoms with Gasteiger partial charge in [0, 0.05) is 5.92 Å². The number of hydrogen-bond donors (Lipinski definition) is 1. The van der Waals surface area contributed by atoms with Gasteiger partial charge in [0.25, 0.3) is 12.4 Å². The standard InChI is InChI=1S/C16H11F5N4O2/c17-8-3-7(4-9(18)12(8)21)11-13(6-1-2-6)24-25-14(11)22-15(23-16(25)26)27-5-10(19)20/h3-4,6,10H,1-2,5H2,(H,22,23,26). The van der Waals surface area contributed by atoms with Gasteiger partial charge in [-0.15, -0.1) is 0 Å². The van der Waals surface area contributed by atoms with Gasteiger partial charge in [0.15, 0.2) is 29.7 Å². The van der Waals surface area contributed by atoms with Crippen LogP contribution in [0.5, 0.6) is 6.01 Å². The first-order valence-corrected chi connectivity index (χ1v) is 7.94. The zero-order valence-corrected chi connectivity index (χ0v) is 13.5. The summed E-state index contributed by atoms with van der Waals surface area (Å²) < 4.78 is 71.0.